The van der Waals surface area contributed by atoms with E-state index in [1.54, 1.807) is 0 Å². The summed E-state index contributed by atoms with van der Waals surface area (Å²) in [5, 5.41) is 7.79. The molecule has 0 aliphatic heterocycles. The Labute approximate surface area is 86.5 Å². The number of nitrogens with one attached hydrogen (secondary N) is 1. The zero-order chi connectivity index (χ0) is 10.4. The second-order valence-electron chi connectivity index (χ2n) is 3.60. The summed E-state index contributed by atoms with van der Waals surface area (Å²) in [6.07, 6.45) is 5.31. The van der Waals surface area contributed by atoms with Crippen LogP contribution in [0.1, 0.15) is 40.0 Å². The fourth-order valence-corrected chi connectivity index (χ4v) is 1.55. The lowest BCUT2D eigenvalue weighted by molar-refractivity contribution is 0.591. The largest absolute Gasteiger partial charge is 0.368 e. The fourth-order valence-electron chi connectivity index (χ4n) is 1.55. The van der Waals surface area contributed by atoms with Crippen molar-refractivity contribution in [2.24, 2.45) is 0 Å². The molecular weight excluding hydrogens is 174 g/mol. The lowest BCUT2D eigenvalue weighted by Gasteiger charge is -2.16. The minimum atomic E-state index is 0.572. The van der Waals surface area contributed by atoms with Gasteiger partial charge in [0.2, 0.25) is 0 Å². The smallest absolute Gasteiger partial charge is 0.124 e. The molecule has 1 N–H and O–H groups in total. The van der Waals surface area contributed by atoms with Crippen LogP contribution in [0.4, 0.5) is 5.82 Å². The molecule has 0 spiro atoms. The number of aromatic nitrogens is 2. The van der Waals surface area contributed by atoms with E-state index >= 15 is 0 Å². The molecule has 0 saturated heterocycles. The molecule has 0 radical (unpaired) electrons. The molecule has 3 nitrogen and oxygen atoms in total. The summed E-state index contributed by atoms with van der Waals surface area (Å²) in [4.78, 5) is 0. The number of rotatable bonds is 6. The van der Waals surface area contributed by atoms with E-state index in [2.05, 4.69) is 31.2 Å². The van der Waals surface area contributed by atoms with E-state index in [4.69, 9.17) is 0 Å². The summed E-state index contributed by atoms with van der Waals surface area (Å²) >= 11 is 0. The maximum absolute atomic E-state index is 4.28. The zero-order valence-electron chi connectivity index (χ0n) is 9.45. The highest BCUT2D eigenvalue weighted by Crippen LogP contribution is 2.11. The molecule has 0 bridgehead atoms. The highest BCUT2D eigenvalue weighted by molar-refractivity contribution is 5.34. The zero-order valence-corrected chi connectivity index (χ0v) is 9.45. The van der Waals surface area contributed by atoms with Crippen molar-refractivity contribution in [3.63, 3.8) is 0 Å². The number of anilines is 1. The summed E-state index contributed by atoms with van der Waals surface area (Å²) in [6.45, 7) is 7.58. The summed E-state index contributed by atoms with van der Waals surface area (Å²) in [5.74, 6) is 1.15. The van der Waals surface area contributed by atoms with Gasteiger partial charge in [-0.2, -0.15) is 5.10 Å². The van der Waals surface area contributed by atoms with Crippen LogP contribution in [0.3, 0.4) is 0 Å². The van der Waals surface area contributed by atoms with Crippen molar-refractivity contribution in [3.05, 3.63) is 12.3 Å². The van der Waals surface area contributed by atoms with Crippen LogP contribution in [0.15, 0.2) is 12.3 Å². The van der Waals surface area contributed by atoms with E-state index < -0.39 is 0 Å². The quantitative estimate of drug-likeness (QED) is 0.756. The minimum Gasteiger partial charge on any atom is -0.368 e. The Kier molecular flexibility index (Phi) is 4.50. The molecule has 80 valence electrons. The van der Waals surface area contributed by atoms with Gasteiger partial charge in [-0.15, -0.1) is 0 Å². The first-order valence-electron chi connectivity index (χ1n) is 5.60. The first kappa shape index (κ1) is 11.1. The maximum atomic E-state index is 4.28. The van der Waals surface area contributed by atoms with Crippen molar-refractivity contribution in [2.45, 2.75) is 52.6 Å². The highest BCUT2D eigenvalue weighted by Gasteiger charge is 2.06. The van der Waals surface area contributed by atoms with Crippen LogP contribution in [-0.4, -0.2) is 15.8 Å². The number of nitrogens with zero attached hydrogens (tertiary/aromatic N) is 2. The van der Waals surface area contributed by atoms with Gasteiger partial charge in [0, 0.05) is 18.7 Å². The third kappa shape index (κ3) is 2.76. The Morgan fingerprint density at radius 2 is 2.07 bits per heavy atom. The molecule has 0 aromatic carbocycles. The molecule has 0 aliphatic rings. The van der Waals surface area contributed by atoms with Crippen molar-refractivity contribution in [1.29, 1.82) is 0 Å². The number of aryl methyl sites for hydroxylation is 1. The molecule has 0 saturated carbocycles. The maximum Gasteiger partial charge on any atom is 0.124 e. The van der Waals surface area contributed by atoms with E-state index in [0.717, 1.165) is 31.6 Å². The summed E-state index contributed by atoms with van der Waals surface area (Å²) in [5.41, 5.74) is 0. The average molecular weight is 195 g/mol. The highest BCUT2D eigenvalue weighted by atomic mass is 15.3. The first-order valence-corrected chi connectivity index (χ1v) is 5.60. The van der Waals surface area contributed by atoms with E-state index in [9.17, 15) is 0 Å². The van der Waals surface area contributed by atoms with Crippen LogP contribution in [0.25, 0.3) is 0 Å². The van der Waals surface area contributed by atoms with Gasteiger partial charge in [-0.25, -0.2) is 4.68 Å². The van der Waals surface area contributed by atoms with Gasteiger partial charge in [0.1, 0.15) is 5.82 Å². The van der Waals surface area contributed by atoms with Gasteiger partial charge in [-0.1, -0.05) is 20.8 Å². The van der Waals surface area contributed by atoms with E-state index in [1.165, 1.54) is 0 Å². The van der Waals surface area contributed by atoms with Gasteiger partial charge in [-0.05, 0) is 19.3 Å². The summed E-state index contributed by atoms with van der Waals surface area (Å²) < 4.78 is 2.04. The van der Waals surface area contributed by atoms with Crippen molar-refractivity contribution >= 4 is 5.82 Å². The Hall–Kier alpha value is -0.990. The van der Waals surface area contributed by atoms with Crippen LogP contribution in [0.2, 0.25) is 0 Å². The van der Waals surface area contributed by atoms with Crippen molar-refractivity contribution < 1.29 is 0 Å². The monoisotopic (exact) mass is 195 g/mol. The van der Waals surface area contributed by atoms with Gasteiger partial charge in [0.05, 0.1) is 6.20 Å². The third-order valence-corrected chi connectivity index (χ3v) is 2.49. The predicted molar refractivity (Wildman–Crippen MR) is 60.5 cm³/mol. The Morgan fingerprint density at radius 1 is 1.36 bits per heavy atom. The van der Waals surface area contributed by atoms with Gasteiger partial charge in [0.25, 0.3) is 0 Å². The van der Waals surface area contributed by atoms with Crippen molar-refractivity contribution in [2.75, 3.05) is 5.32 Å². The van der Waals surface area contributed by atoms with Crippen LogP contribution in [-0.2, 0) is 6.54 Å². The van der Waals surface area contributed by atoms with Crippen LogP contribution < -0.4 is 5.32 Å². The Balaban J connectivity index is 2.60. The second kappa shape index (κ2) is 5.68. The Morgan fingerprint density at radius 3 is 2.64 bits per heavy atom. The van der Waals surface area contributed by atoms with Gasteiger partial charge < -0.3 is 5.32 Å². The molecule has 1 rings (SSSR count). The molecule has 0 aliphatic carbocycles. The second-order valence-corrected chi connectivity index (χ2v) is 3.60. The molecule has 0 unspecified atom stereocenters. The number of hydrogen-bond acceptors (Lipinski definition) is 2. The van der Waals surface area contributed by atoms with Crippen molar-refractivity contribution in [1.82, 2.24) is 9.78 Å². The van der Waals surface area contributed by atoms with Gasteiger partial charge in [-0.3, -0.25) is 0 Å². The molecule has 0 atom stereocenters. The van der Waals surface area contributed by atoms with Gasteiger partial charge >= 0.3 is 0 Å². The minimum absolute atomic E-state index is 0.572. The molecule has 1 heterocycles. The normalized spacial score (nSPS) is 10.9. The molecule has 14 heavy (non-hydrogen) atoms. The first-order chi connectivity index (χ1) is 6.81. The van der Waals surface area contributed by atoms with E-state index in [-0.39, 0.29) is 0 Å². The molecular formula is C11H21N3. The summed E-state index contributed by atoms with van der Waals surface area (Å²) in [7, 11) is 0. The number of hydrogen-bond donors (Lipinski definition) is 1. The average Bonchev–Trinajstić information content (AvgIpc) is 2.62. The lowest BCUT2D eigenvalue weighted by Crippen LogP contribution is -2.19. The molecule has 0 fully saturated rings. The van der Waals surface area contributed by atoms with E-state index in [0.29, 0.717) is 6.04 Å². The molecule has 0 amide bonds. The molecule has 1 aromatic heterocycles. The lowest BCUT2D eigenvalue weighted by atomic mass is 10.2. The SMILES string of the molecule is CCCn1nccc1NC(CC)CC. The molecule has 1 aromatic rings. The van der Waals surface area contributed by atoms with Crippen LogP contribution in [0, 0.1) is 0 Å². The topological polar surface area (TPSA) is 29.9 Å². The summed E-state index contributed by atoms with van der Waals surface area (Å²) in [6, 6.07) is 2.62. The standard InChI is InChI=1S/C11H21N3/c1-4-9-14-11(7-8-12-14)13-10(5-2)6-3/h7-8,10,13H,4-6,9H2,1-3H3. The predicted octanol–water partition coefficient (Wildman–Crippen LogP) is 2.89. The van der Waals surface area contributed by atoms with Crippen molar-refractivity contribution in [3.8, 4) is 0 Å². The Bertz CT molecular complexity index is 251. The fraction of sp³-hybridized carbons (Fsp3) is 0.727. The third-order valence-electron chi connectivity index (χ3n) is 2.49. The molecule has 3 heteroatoms. The van der Waals surface area contributed by atoms with Crippen LogP contribution in [0.5, 0.6) is 0 Å². The van der Waals surface area contributed by atoms with E-state index in [1.807, 2.05) is 16.9 Å². The van der Waals surface area contributed by atoms with Gasteiger partial charge in [0.15, 0.2) is 0 Å². The van der Waals surface area contributed by atoms with Crippen LogP contribution >= 0.6 is 0 Å².